The highest BCUT2D eigenvalue weighted by atomic mass is 19.4. The van der Waals surface area contributed by atoms with Gasteiger partial charge >= 0.3 is 6.18 Å². The molecule has 0 aliphatic heterocycles. The van der Waals surface area contributed by atoms with Crippen molar-refractivity contribution in [3.63, 3.8) is 0 Å². The molecule has 1 atom stereocenters. The van der Waals surface area contributed by atoms with Crippen LogP contribution in [0.3, 0.4) is 0 Å². The van der Waals surface area contributed by atoms with Crippen LogP contribution in [0.2, 0.25) is 0 Å². The summed E-state index contributed by atoms with van der Waals surface area (Å²) in [6.45, 7) is 3.33. The van der Waals surface area contributed by atoms with Crippen LogP contribution in [0.1, 0.15) is 29.7 Å². The van der Waals surface area contributed by atoms with Gasteiger partial charge in [-0.1, -0.05) is 24.3 Å². The van der Waals surface area contributed by atoms with Crippen LogP contribution in [-0.4, -0.2) is 12.5 Å². The monoisotopic (exact) mass is 337 g/mol. The molecule has 0 saturated heterocycles. The van der Waals surface area contributed by atoms with Gasteiger partial charge in [-0.2, -0.15) is 13.2 Å². The Morgan fingerprint density at radius 2 is 1.88 bits per heavy atom. The Hall–Kier alpha value is -2.50. The molecule has 0 spiro atoms. The lowest BCUT2D eigenvalue weighted by Gasteiger charge is -2.16. The van der Waals surface area contributed by atoms with E-state index in [1.165, 1.54) is 6.07 Å². The number of rotatable bonds is 5. The van der Waals surface area contributed by atoms with E-state index in [1.54, 1.807) is 25.1 Å². The van der Waals surface area contributed by atoms with Crippen molar-refractivity contribution < 1.29 is 22.7 Å². The molecule has 2 rings (SSSR count). The van der Waals surface area contributed by atoms with Crippen molar-refractivity contribution in [1.29, 1.82) is 0 Å². The van der Waals surface area contributed by atoms with E-state index in [9.17, 15) is 18.0 Å². The number of ether oxygens (including phenoxy) is 1. The van der Waals surface area contributed by atoms with Crippen LogP contribution in [0.4, 0.5) is 13.2 Å². The first kappa shape index (κ1) is 17.8. The molecule has 0 aliphatic carbocycles. The lowest BCUT2D eigenvalue weighted by Crippen LogP contribution is -2.31. The molecule has 2 aromatic carbocycles. The molecular formula is C18H18F3NO2. The lowest BCUT2D eigenvalue weighted by molar-refractivity contribution is -0.137. The first-order valence-corrected chi connectivity index (χ1v) is 7.41. The van der Waals surface area contributed by atoms with E-state index in [0.29, 0.717) is 11.3 Å². The van der Waals surface area contributed by atoms with Crippen LogP contribution in [0.5, 0.6) is 5.75 Å². The molecule has 0 radical (unpaired) electrons. The van der Waals surface area contributed by atoms with Crippen molar-refractivity contribution in [1.82, 2.24) is 5.32 Å². The predicted molar refractivity (Wildman–Crippen MR) is 84.7 cm³/mol. The molecule has 0 aliphatic rings. The minimum absolute atomic E-state index is 0.202. The van der Waals surface area contributed by atoms with Crippen LogP contribution in [0.25, 0.3) is 0 Å². The average molecular weight is 337 g/mol. The fourth-order valence-corrected chi connectivity index (χ4v) is 2.20. The summed E-state index contributed by atoms with van der Waals surface area (Å²) in [6, 6.07) is 11.6. The quantitative estimate of drug-likeness (QED) is 0.885. The van der Waals surface area contributed by atoms with Gasteiger partial charge in [0.05, 0.1) is 11.6 Å². The van der Waals surface area contributed by atoms with Crippen LogP contribution in [0.15, 0.2) is 48.5 Å². The van der Waals surface area contributed by atoms with Gasteiger partial charge in [0.25, 0.3) is 5.91 Å². The fourth-order valence-electron chi connectivity index (χ4n) is 2.20. The summed E-state index contributed by atoms with van der Waals surface area (Å²) >= 11 is 0. The molecule has 24 heavy (non-hydrogen) atoms. The van der Waals surface area contributed by atoms with Gasteiger partial charge in [0.15, 0.2) is 6.61 Å². The SMILES string of the molecule is Cc1cccc(OCC(=O)NC(C)c2cccc(C(F)(F)F)c2)c1. The molecule has 0 aromatic heterocycles. The van der Waals surface area contributed by atoms with Gasteiger partial charge in [-0.05, 0) is 49.2 Å². The van der Waals surface area contributed by atoms with Gasteiger partial charge in [-0.15, -0.1) is 0 Å². The minimum atomic E-state index is -4.41. The first-order valence-electron chi connectivity index (χ1n) is 7.41. The average Bonchev–Trinajstić information content (AvgIpc) is 2.52. The third-order valence-corrected chi connectivity index (χ3v) is 3.45. The zero-order valence-electron chi connectivity index (χ0n) is 13.4. The number of carbonyl (C=O) groups excluding carboxylic acids is 1. The maximum absolute atomic E-state index is 12.7. The van der Waals surface area contributed by atoms with Crippen LogP contribution in [0, 0.1) is 6.92 Å². The largest absolute Gasteiger partial charge is 0.484 e. The number of alkyl halides is 3. The van der Waals surface area contributed by atoms with E-state index in [1.807, 2.05) is 19.1 Å². The summed E-state index contributed by atoms with van der Waals surface area (Å²) in [5, 5.41) is 2.63. The van der Waals surface area contributed by atoms with Crippen molar-refractivity contribution >= 4 is 5.91 Å². The Morgan fingerprint density at radius 3 is 2.54 bits per heavy atom. The molecular weight excluding hydrogens is 319 g/mol. The number of nitrogens with one attached hydrogen (secondary N) is 1. The predicted octanol–water partition coefficient (Wildman–Crippen LogP) is 4.27. The number of aryl methyl sites for hydroxylation is 1. The lowest BCUT2D eigenvalue weighted by atomic mass is 10.0. The Balaban J connectivity index is 1.94. The Morgan fingerprint density at radius 1 is 1.17 bits per heavy atom. The van der Waals surface area contributed by atoms with Crippen molar-refractivity contribution in [3.05, 3.63) is 65.2 Å². The highest BCUT2D eigenvalue weighted by Crippen LogP contribution is 2.30. The summed E-state index contributed by atoms with van der Waals surface area (Å²) in [5.74, 6) is 0.165. The van der Waals surface area contributed by atoms with Gasteiger partial charge in [-0.3, -0.25) is 4.79 Å². The van der Waals surface area contributed by atoms with E-state index in [2.05, 4.69) is 5.32 Å². The topological polar surface area (TPSA) is 38.3 Å². The molecule has 0 saturated carbocycles. The second kappa shape index (κ2) is 7.38. The first-order chi connectivity index (χ1) is 11.3. The molecule has 0 bridgehead atoms. The summed E-state index contributed by atoms with van der Waals surface area (Å²) in [6.07, 6.45) is -4.41. The molecule has 128 valence electrons. The number of halogens is 3. The number of benzene rings is 2. The maximum atomic E-state index is 12.7. The van der Waals surface area contributed by atoms with E-state index in [0.717, 1.165) is 17.7 Å². The molecule has 1 unspecified atom stereocenters. The molecule has 0 heterocycles. The van der Waals surface area contributed by atoms with Crippen molar-refractivity contribution in [2.75, 3.05) is 6.61 Å². The zero-order valence-corrected chi connectivity index (χ0v) is 13.4. The second-order valence-electron chi connectivity index (χ2n) is 5.52. The van der Waals surface area contributed by atoms with E-state index in [4.69, 9.17) is 4.74 Å². The van der Waals surface area contributed by atoms with E-state index < -0.39 is 23.7 Å². The normalized spacial score (nSPS) is 12.5. The molecule has 2 aromatic rings. The van der Waals surface area contributed by atoms with Gasteiger partial charge in [-0.25, -0.2) is 0 Å². The van der Waals surface area contributed by atoms with E-state index >= 15 is 0 Å². The van der Waals surface area contributed by atoms with Crippen LogP contribution in [-0.2, 0) is 11.0 Å². The number of carbonyl (C=O) groups is 1. The molecule has 1 amide bonds. The molecule has 6 heteroatoms. The third-order valence-electron chi connectivity index (χ3n) is 3.45. The fraction of sp³-hybridized carbons (Fsp3) is 0.278. The highest BCUT2D eigenvalue weighted by molar-refractivity contribution is 5.78. The highest BCUT2D eigenvalue weighted by Gasteiger charge is 2.30. The molecule has 3 nitrogen and oxygen atoms in total. The third kappa shape index (κ3) is 5.01. The maximum Gasteiger partial charge on any atom is 0.416 e. The van der Waals surface area contributed by atoms with Crippen LogP contribution < -0.4 is 10.1 Å². The summed E-state index contributed by atoms with van der Waals surface area (Å²) < 4.78 is 43.6. The van der Waals surface area contributed by atoms with E-state index in [-0.39, 0.29) is 6.61 Å². The number of amides is 1. The van der Waals surface area contributed by atoms with Crippen molar-refractivity contribution in [2.45, 2.75) is 26.1 Å². The molecule has 0 fully saturated rings. The second-order valence-corrected chi connectivity index (χ2v) is 5.52. The van der Waals surface area contributed by atoms with Crippen molar-refractivity contribution in [3.8, 4) is 5.75 Å². The standard InChI is InChI=1S/C18H18F3NO2/c1-12-5-3-8-16(9-12)24-11-17(23)22-13(2)14-6-4-7-15(10-14)18(19,20)21/h3-10,13H,11H2,1-2H3,(H,22,23). The number of hydrogen-bond acceptors (Lipinski definition) is 2. The zero-order chi connectivity index (χ0) is 17.7. The van der Waals surface area contributed by atoms with Crippen LogP contribution >= 0.6 is 0 Å². The van der Waals surface area contributed by atoms with Gasteiger partial charge in [0, 0.05) is 0 Å². The Kier molecular flexibility index (Phi) is 5.49. The molecule has 1 N–H and O–H groups in total. The summed E-state index contributed by atoms with van der Waals surface area (Å²) in [4.78, 5) is 11.9. The van der Waals surface area contributed by atoms with Gasteiger partial charge < -0.3 is 10.1 Å². The summed E-state index contributed by atoms with van der Waals surface area (Å²) in [7, 11) is 0. The van der Waals surface area contributed by atoms with Gasteiger partial charge in [0.1, 0.15) is 5.75 Å². The van der Waals surface area contributed by atoms with Gasteiger partial charge in [0.2, 0.25) is 0 Å². The minimum Gasteiger partial charge on any atom is -0.484 e. The Labute approximate surface area is 138 Å². The Bertz CT molecular complexity index is 713. The summed E-state index contributed by atoms with van der Waals surface area (Å²) in [5.41, 5.74) is 0.649. The van der Waals surface area contributed by atoms with Crippen molar-refractivity contribution in [2.24, 2.45) is 0 Å². The number of hydrogen-bond donors (Lipinski definition) is 1. The smallest absolute Gasteiger partial charge is 0.416 e.